The fourth-order valence-corrected chi connectivity index (χ4v) is 9.03. The lowest BCUT2D eigenvalue weighted by Gasteiger charge is -2.11. The van der Waals surface area contributed by atoms with Crippen LogP contribution in [0.5, 0.6) is 0 Å². The lowest BCUT2D eigenvalue weighted by Crippen LogP contribution is -1.95. The Labute approximate surface area is 328 Å². The minimum atomic E-state index is 0.895. The predicted octanol–water partition coefficient (Wildman–Crippen LogP) is 14.8. The molecule has 0 aliphatic rings. The number of furan rings is 1. The second kappa shape index (κ2) is 12.5. The van der Waals surface area contributed by atoms with Gasteiger partial charge in [0.1, 0.15) is 11.2 Å². The lowest BCUT2D eigenvalue weighted by molar-refractivity contribution is 0.668. The molecule has 3 heteroatoms. The molecule has 57 heavy (non-hydrogen) atoms. The monoisotopic (exact) mass is 726 g/mol. The second-order valence-corrected chi connectivity index (χ2v) is 14.9. The number of hydrogen-bond donors (Lipinski definition) is 0. The molecule has 3 aromatic heterocycles. The molecule has 0 aliphatic carbocycles. The number of aromatic nitrogens is 2. The van der Waals surface area contributed by atoms with E-state index < -0.39 is 0 Å². The first-order valence-corrected chi connectivity index (χ1v) is 19.5. The van der Waals surface area contributed by atoms with E-state index in [1.807, 2.05) is 12.1 Å². The van der Waals surface area contributed by atoms with Crippen molar-refractivity contribution in [3.63, 3.8) is 0 Å². The molecular weight excluding hydrogens is 693 g/mol. The van der Waals surface area contributed by atoms with Crippen molar-refractivity contribution < 1.29 is 4.42 Å². The Kier molecular flexibility index (Phi) is 6.93. The molecule has 0 N–H and O–H groups in total. The Morgan fingerprint density at radius 3 is 1.47 bits per heavy atom. The van der Waals surface area contributed by atoms with Gasteiger partial charge in [-0.25, -0.2) is 0 Å². The maximum Gasteiger partial charge on any atom is 0.137 e. The van der Waals surface area contributed by atoms with E-state index in [1.54, 1.807) is 0 Å². The summed E-state index contributed by atoms with van der Waals surface area (Å²) in [5.41, 5.74) is 15.9. The number of para-hydroxylation sites is 2. The number of fused-ring (bicyclic) bond motifs is 9. The Hall–Kier alpha value is -7.62. The molecule has 0 unspecified atom stereocenters. The molecule has 12 aromatic rings. The summed E-state index contributed by atoms with van der Waals surface area (Å²) in [5.74, 6) is 0. The van der Waals surface area contributed by atoms with Crippen LogP contribution in [0.1, 0.15) is 0 Å². The summed E-state index contributed by atoms with van der Waals surface area (Å²) < 4.78 is 11.1. The minimum Gasteiger partial charge on any atom is -0.456 e. The number of nitrogens with zero attached hydrogens (tertiary/aromatic N) is 2. The zero-order valence-electron chi connectivity index (χ0n) is 30.9. The third-order valence-corrected chi connectivity index (χ3v) is 11.7. The van der Waals surface area contributed by atoms with E-state index in [2.05, 4.69) is 203 Å². The first-order chi connectivity index (χ1) is 28.2. The third kappa shape index (κ3) is 4.99. The fourth-order valence-electron chi connectivity index (χ4n) is 9.03. The molecule has 0 fully saturated rings. The highest BCUT2D eigenvalue weighted by Crippen LogP contribution is 2.40. The van der Waals surface area contributed by atoms with Gasteiger partial charge in [0, 0.05) is 49.8 Å². The largest absolute Gasteiger partial charge is 0.456 e. The SMILES string of the molecule is c1ccc(-c2cccc(-n3c4ccc(-c5ccc6c(c5)c5ccccc5n6-c5ccc6c(c5)oc5ccccc56)cc4c4ccc(-c5ccccc5)cc43)c2)cc1. The first kappa shape index (κ1) is 31.7. The van der Waals surface area contributed by atoms with Crippen molar-refractivity contribution in [2.75, 3.05) is 0 Å². The van der Waals surface area contributed by atoms with Gasteiger partial charge in [0.15, 0.2) is 0 Å². The zero-order valence-corrected chi connectivity index (χ0v) is 30.9. The van der Waals surface area contributed by atoms with Crippen LogP contribution in [0.15, 0.2) is 211 Å². The van der Waals surface area contributed by atoms with Gasteiger partial charge in [0.05, 0.1) is 22.1 Å². The van der Waals surface area contributed by atoms with Gasteiger partial charge in [-0.05, 0) is 100 Å². The molecule has 0 atom stereocenters. The summed E-state index contributed by atoms with van der Waals surface area (Å²) in [6.45, 7) is 0. The summed E-state index contributed by atoms with van der Waals surface area (Å²) in [7, 11) is 0. The highest BCUT2D eigenvalue weighted by Gasteiger charge is 2.18. The van der Waals surface area contributed by atoms with Gasteiger partial charge in [-0.1, -0.05) is 133 Å². The van der Waals surface area contributed by atoms with Crippen LogP contribution in [-0.4, -0.2) is 9.13 Å². The van der Waals surface area contributed by atoms with Crippen molar-refractivity contribution in [3.8, 4) is 44.8 Å². The Balaban J connectivity index is 1.03. The topological polar surface area (TPSA) is 23.0 Å². The number of rotatable bonds is 5. The molecule has 0 bridgehead atoms. The van der Waals surface area contributed by atoms with E-state index in [9.17, 15) is 0 Å². The van der Waals surface area contributed by atoms with Gasteiger partial charge in [-0.15, -0.1) is 0 Å². The van der Waals surface area contributed by atoms with E-state index in [0.29, 0.717) is 0 Å². The second-order valence-electron chi connectivity index (χ2n) is 14.9. The van der Waals surface area contributed by atoms with E-state index in [1.165, 1.54) is 77.0 Å². The Morgan fingerprint density at radius 2 is 0.737 bits per heavy atom. The highest BCUT2D eigenvalue weighted by atomic mass is 16.3. The first-order valence-electron chi connectivity index (χ1n) is 19.5. The molecule has 266 valence electrons. The van der Waals surface area contributed by atoms with Crippen LogP contribution in [0, 0.1) is 0 Å². The van der Waals surface area contributed by atoms with Crippen LogP contribution >= 0.6 is 0 Å². The van der Waals surface area contributed by atoms with E-state index >= 15 is 0 Å². The van der Waals surface area contributed by atoms with Crippen molar-refractivity contribution in [1.29, 1.82) is 0 Å². The van der Waals surface area contributed by atoms with Gasteiger partial charge in [-0.3, -0.25) is 0 Å². The lowest BCUT2D eigenvalue weighted by atomic mass is 9.99. The van der Waals surface area contributed by atoms with Gasteiger partial charge in [-0.2, -0.15) is 0 Å². The quantitative estimate of drug-likeness (QED) is 0.173. The molecule has 0 saturated carbocycles. The Morgan fingerprint density at radius 1 is 0.246 bits per heavy atom. The average Bonchev–Trinajstić information content (AvgIpc) is 3.93. The molecule has 0 radical (unpaired) electrons. The van der Waals surface area contributed by atoms with E-state index in [4.69, 9.17) is 4.42 Å². The minimum absolute atomic E-state index is 0.895. The number of benzene rings is 9. The smallest absolute Gasteiger partial charge is 0.137 e. The van der Waals surface area contributed by atoms with Gasteiger partial charge in [0.2, 0.25) is 0 Å². The summed E-state index contributed by atoms with van der Waals surface area (Å²) >= 11 is 0. The van der Waals surface area contributed by atoms with Crippen LogP contribution in [0.2, 0.25) is 0 Å². The number of hydrogen-bond acceptors (Lipinski definition) is 1. The molecule has 3 heterocycles. The van der Waals surface area contributed by atoms with Crippen LogP contribution in [0.4, 0.5) is 0 Å². The van der Waals surface area contributed by atoms with Gasteiger partial charge in [0.25, 0.3) is 0 Å². The maximum absolute atomic E-state index is 6.33. The van der Waals surface area contributed by atoms with Gasteiger partial charge >= 0.3 is 0 Å². The molecule has 0 saturated heterocycles. The van der Waals surface area contributed by atoms with Crippen LogP contribution in [0.3, 0.4) is 0 Å². The van der Waals surface area contributed by atoms with E-state index in [0.717, 1.165) is 33.3 Å². The standard InChI is InChI=1S/C54H34N2O/c1-3-12-35(13-4-1)37-16-11-17-41(30-37)56-51-29-24-39(32-48(51)44-26-22-40(33-52(44)56)36-14-5-2-6-15-36)38-23-28-50-47(31-38)43-18-7-9-20-49(43)55(50)42-25-27-46-45-19-8-10-21-53(45)57-54(46)34-42/h1-34H. The molecule has 0 aliphatic heterocycles. The molecule has 9 aromatic carbocycles. The van der Waals surface area contributed by atoms with Crippen molar-refractivity contribution in [2.45, 2.75) is 0 Å². The maximum atomic E-state index is 6.33. The molecular formula is C54H34N2O. The van der Waals surface area contributed by atoms with Crippen molar-refractivity contribution >= 4 is 65.6 Å². The molecule has 12 rings (SSSR count). The molecule has 0 spiro atoms. The molecule has 3 nitrogen and oxygen atoms in total. The summed E-state index contributed by atoms with van der Waals surface area (Å²) in [6.07, 6.45) is 0. The van der Waals surface area contributed by atoms with Gasteiger partial charge < -0.3 is 13.6 Å². The highest BCUT2D eigenvalue weighted by molar-refractivity contribution is 6.13. The third-order valence-electron chi connectivity index (χ3n) is 11.7. The summed E-state index contributed by atoms with van der Waals surface area (Å²) in [4.78, 5) is 0. The van der Waals surface area contributed by atoms with Crippen molar-refractivity contribution in [3.05, 3.63) is 206 Å². The van der Waals surface area contributed by atoms with Crippen molar-refractivity contribution in [1.82, 2.24) is 9.13 Å². The zero-order chi connectivity index (χ0) is 37.5. The summed E-state index contributed by atoms with van der Waals surface area (Å²) in [5, 5.41) is 7.19. The molecule has 0 amide bonds. The normalized spacial score (nSPS) is 11.9. The Bertz CT molecular complexity index is 3510. The van der Waals surface area contributed by atoms with Crippen molar-refractivity contribution in [2.24, 2.45) is 0 Å². The van der Waals surface area contributed by atoms with Crippen LogP contribution < -0.4 is 0 Å². The van der Waals surface area contributed by atoms with Crippen LogP contribution in [-0.2, 0) is 0 Å². The average molecular weight is 727 g/mol. The summed E-state index contributed by atoms with van der Waals surface area (Å²) in [6, 6.07) is 74.6. The fraction of sp³-hybridized carbons (Fsp3) is 0. The predicted molar refractivity (Wildman–Crippen MR) is 239 cm³/mol. The van der Waals surface area contributed by atoms with Crippen LogP contribution in [0.25, 0.3) is 110 Å². The van der Waals surface area contributed by atoms with E-state index in [-0.39, 0.29) is 0 Å².